The van der Waals surface area contributed by atoms with Gasteiger partial charge in [-0.05, 0) is 62.4 Å². The van der Waals surface area contributed by atoms with Gasteiger partial charge in [0.05, 0.1) is 17.9 Å². The number of benzene rings is 1. The van der Waals surface area contributed by atoms with E-state index in [9.17, 15) is 22.4 Å². The fourth-order valence-electron chi connectivity index (χ4n) is 4.82. The molecule has 3 aromatic rings. The van der Waals surface area contributed by atoms with Crippen molar-refractivity contribution in [3.8, 4) is 17.0 Å². The minimum atomic E-state index is -4.36. The number of anilines is 1. The van der Waals surface area contributed by atoms with E-state index in [1.165, 1.54) is 36.4 Å². The highest BCUT2D eigenvalue weighted by atomic mass is 32.2. The first-order valence-corrected chi connectivity index (χ1v) is 14.2. The van der Waals surface area contributed by atoms with E-state index in [2.05, 4.69) is 11.9 Å². The van der Waals surface area contributed by atoms with Gasteiger partial charge in [0.1, 0.15) is 17.4 Å². The number of pyridine rings is 2. The van der Waals surface area contributed by atoms with Gasteiger partial charge < -0.3 is 14.6 Å². The van der Waals surface area contributed by atoms with Gasteiger partial charge in [-0.3, -0.25) is 9.59 Å². The van der Waals surface area contributed by atoms with Crippen molar-refractivity contribution in [1.29, 1.82) is 0 Å². The molecule has 11 heteroatoms. The summed E-state index contributed by atoms with van der Waals surface area (Å²) < 4.78 is 48.0. The molecule has 2 N–H and O–H groups in total. The minimum Gasteiger partial charge on any atom is -0.493 e. The van der Waals surface area contributed by atoms with Gasteiger partial charge in [-0.2, -0.15) is 8.42 Å². The van der Waals surface area contributed by atoms with Crippen LogP contribution in [0.3, 0.4) is 0 Å². The van der Waals surface area contributed by atoms with Gasteiger partial charge >= 0.3 is 0 Å². The van der Waals surface area contributed by atoms with Crippen molar-refractivity contribution in [2.45, 2.75) is 51.6 Å². The van der Waals surface area contributed by atoms with Gasteiger partial charge in [-0.25, -0.2) is 14.1 Å². The monoisotopic (exact) mass is 558 g/mol. The van der Waals surface area contributed by atoms with Crippen molar-refractivity contribution in [3.05, 3.63) is 70.3 Å². The lowest BCUT2D eigenvalue weighted by Crippen LogP contribution is -2.41. The molecule has 0 saturated carbocycles. The predicted molar refractivity (Wildman–Crippen MR) is 149 cm³/mol. The van der Waals surface area contributed by atoms with E-state index in [0.29, 0.717) is 36.1 Å². The summed E-state index contributed by atoms with van der Waals surface area (Å²) >= 11 is 0. The topological polar surface area (TPSA) is 121 Å². The molecule has 39 heavy (non-hydrogen) atoms. The third-order valence-corrected chi connectivity index (χ3v) is 7.73. The summed E-state index contributed by atoms with van der Waals surface area (Å²) in [5, 5.41) is -0.432. The maximum Gasteiger partial charge on any atom is 0.279 e. The zero-order valence-electron chi connectivity index (χ0n) is 22.6. The molecule has 1 fully saturated rings. The van der Waals surface area contributed by atoms with Crippen molar-refractivity contribution in [2.24, 2.45) is 11.8 Å². The molecule has 1 unspecified atom stereocenters. The highest BCUT2D eigenvalue weighted by Gasteiger charge is 2.39. The lowest BCUT2D eigenvalue weighted by atomic mass is 9.97. The first-order valence-electron chi connectivity index (χ1n) is 12.7. The molecular weight excluding hydrogens is 523 g/mol. The van der Waals surface area contributed by atoms with Gasteiger partial charge in [0, 0.05) is 31.2 Å². The Morgan fingerprint density at radius 1 is 1.26 bits per heavy atom. The number of H-pyrrole nitrogens is 1. The van der Waals surface area contributed by atoms with E-state index in [4.69, 9.17) is 9.72 Å². The van der Waals surface area contributed by atoms with E-state index < -0.39 is 32.3 Å². The van der Waals surface area contributed by atoms with Crippen LogP contribution in [0.4, 0.5) is 10.2 Å². The van der Waals surface area contributed by atoms with E-state index >= 15 is 0 Å². The second-order valence-electron chi connectivity index (χ2n) is 11.0. The summed E-state index contributed by atoms with van der Waals surface area (Å²) in [6, 6.07) is 11.0. The predicted octanol–water partition coefficient (Wildman–Crippen LogP) is 4.60. The first kappa shape index (κ1) is 28.3. The van der Waals surface area contributed by atoms with Crippen molar-refractivity contribution >= 4 is 21.7 Å². The van der Waals surface area contributed by atoms with Crippen LogP contribution in [0.1, 0.15) is 52.8 Å². The molecule has 0 spiro atoms. The number of nitrogens with one attached hydrogen (secondary N) is 2. The van der Waals surface area contributed by atoms with E-state index in [1.807, 2.05) is 37.3 Å². The van der Waals surface area contributed by atoms with E-state index in [0.717, 1.165) is 6.42 Å². The molecule has 0 aliphatic carbocycles. The summed E-state index contributed by atoms with van der Waals surface area (Å²) in [7, 11) is -4.36. The average molecular weight is 559 g/mol. The van der Waals surface area contributed by atoms with Crippen molar-refractivity contribution < 1.29 is 23.8 Å². The van der Waals surface area contributed by atoms with Gasteiger partial charge in [0.15, 0.2) is 5.03 Å². The molecule has 4 rings (SSSR count). The normalized spacial score (nSPS) is 16.9. The number of sulfonamides is 1. The van der Waals surface area contributed by atoms with Crippen LogP contribution in [0.15, 0.2) is 58.4 Å². The molecule has 1 saturated heterocycles. The van der Waals surface area contributed by atoms with Crippen LogP contribution in [0, 0.1) is 17.7 Å². The molecule has 1 aliphatic rings. The molecule has 1 amide bonds. The van der Waals surface area contributed by atoms with Gasteiger partial charge in [0.25, 0.3) is 15.9 Å². The van der Waals surface area contributed by atoms with Gasteiger partial charge in [-0.15, -0.1) is 0 Å². The Balaban J connectivity index is 0.00000441. The number of halogens is 1. The molecule has 0 bridgehead atoms. The lowest BCUT2D eigenvalue weighted by Gasteiger charge is -2.34. The Hall–Kier alpha value is -3.73. The van der Waals surface area contributed by atoms with Crippen LogP contribution in [-0.2, 0) is 10.0 Å². The number of aromatic amines is 1. The fraction of sp³-hybridized carbons (Fsp3) is 0.393. The Morgan fingerprint density at radius 2 is 2.00 bits per heavy atom. The number of hydrogen-bond acceptors (Lipinski definition) is 7. The van der Waals surface area contributed by atoms with E-state index in [-0.39, 0.29) is 24.3 Å². The highest BCUT2D eigenvalue weighted by Crippen LogP contribution is 2.38. The second-order valence-corrected chi connectivity index (χ2v) is 12.6. The third kappa shape index (κ3) is 6.47. The van der Waals surface area contributed by atoms with Crippen LogP contribution in [0.25, 0.3) is 11.3 Å². The molecule has 2 aromatic heterocycles. The highest BCUT2D eigenvalue weighted by molar-refractivity contribution is 7.90. The van der Waals surface area contributed by atoms with E-state index in [1.54, 1.807) is 12.1 Å². The minimum absolute atomic E-state index is 0. The Labute approximate surface area is 229 Å². The Morgan fingerprint density at radius 3 is 2.64 bits per heavy atom. The van der Waals surface area contributed by atoms with Crippen molar-refractivity contribution in [2.75, 3.05) is 18.1 Å². The fourth-order valence-corrected chi connectivity index (χ4v) is 5.78. The summed E-state index contributed by atoms with van der Waals surface area (Å²) in [6.07, 6.45) is 0.830. The number of carbonyl (C=O) groups is 1. The van der Waals surface area contributed by atoms with Crippen LogP contribution >= 0.6 is 0 Å². The Bertz CT molecular complexity index is 1560. The second kappa shape index (κ2) is 10.8. The first-order chi connectivity index (χ1) is 18.2. The molecule has 3 heterocycles. The molecule has 0 radical (unpaired) electrons. The largest absolute Gasteiger partial charge is 0.493 e. The van der Waals surface area contributed by atoms with Gasteiger partial charge in [-0.1, -0.05) is 26.8 Å². The standard InChI is InChI=1S/C28H33FN4O5S.H2/c1-17(2)16-38-21-12-19(11-20(29)13-21)23-10-9-22(26(30-23)33-15-18(3)14-28(33,4)5)27(35)32-39(36,37)25-8-6-7-24(34)31-25;/h6-13,17-18H,14-16H2,1-5H3,(H,31,34)(H,32,35);1H. The number of ether oxygens (including phenoxy) is 1. The van der Waals surface area contributed by atoms with Gasteiger partial charge in [0.2, 0.25) is 5.56 Å². The maximum atomic E-state index is 14.5. The maximum absolute atomic E-state index is 14.5. The molecule has 1 aliphatic heterocycles. The molecule has 210 valence electrons. The zero-order valence-corrected chi connectivity index (χ0v) is 23.4. The summed E-state index contributed by atoms with van der Waals surface area (Å²) in [4.78, 5) is 34.0. The number of carbonyl (C=O) groups excluding carboxylic acids is 1. The molecule has 9 nitrogen and oxygen atoms in total. The van der Waals surface area contributed by atoms with Crippen LogP contribution in [-0.4, -0.2) is 43.0 Å². The van der Waals surface area contributed by atoms with Crippen LogP contribution in [0.5, 0.6) is 5.75 Å². The number of hydrogen-bond donors (Lipinski definition) is 2. The quantitative estimate of drug-likeness (QED) is 0.414. The number of aromatic nitrogens is 2. The van der Waals surface area contributed by atoms with Crippen LogP contribution in [0.2, 0.25) is 0 Å². The SMILES string of the molecule is CC(C)COc1cc(F)cc(-c2ccc(C(=O)NS(=O)(=O)c3cccc(=O)[nH]3)c(N3CC(C)CC3(C)C)n2)c1.[HH]. The average Bonchev–Trinajstić information content (AvgIpc) is 3.13. The number of rotatable bonds is 8. The zero-order chi connectivity index (χ0) is 28.5. The Kier molecular flexibility index (Phi) is 7.83. The summed E-state index contributed by atoms with van der Waals surface area (Å²) in [5.41, 5.74) is -0.0912. The smallest absolute Gasteiger partial charge is 0.279 e. The molecular formula is C28H35FN4O5S. The van der Waals surface area contributed by atoms with Crippen LogP contribution < -0.4 is 19.9 Å². The summed E-state index contributed by atoms with van der Waals surface area (Å²) in [5.74, 6) is -0.195. The summed E-state index contributed by atoms with van der Waals surface area (Å²) in [6.45, 7) is 11.1. The number of nitrogens with zero attached hydrogens (tertiary/aromatic N) is 2. The van der Waals surface area contributed by atoms with Crippen molar-refractivity contribution in [1.82, 2.24) is 14.7 Å². The van der Waals surface area contributed by atoms with Crippen molar-refractivity contribution in [3.63, 3.8) is 0 Å². The lowest BCUT2D eigenvalue weighted by molar-refractivity contribution is 0.0981. The number of amides is 1. The molecule has 1 atom stereocenters. The third-order valence-electron chi connectivity index (χ3n) is 6.46. The molecule has 1 aromatic carbocycles.